The van der Waals surface area contributed by atoms with Crippen LogP contribution in [0, 0.1) is 12.8 Å². The normalized spacial score (nSPS) is 17.4. The molecule has 0 atom stereocenters. The Labute approximate surface area is 120 Å². The van der Waals surface area contributed by atoms with Crippen LogP contribution in [0.15, 0.2) is 16.5 Å². The van der Waals surface area contributed by atoms with Crippen LogP contribution in [-0.4, -0.2) is 54.1 Å². The van der Waals surface area contributed by atoms with Crippen LogP contribution in [0.25, 0.3) is 0 Å². The van der Waals surface area contributed by atoms with Gasteiger partial charge >= 0.3 is 0 Å². The predicted molar refractivity (Wildman–Crippen MR) is 76.2 cm³/mol. The van der Waals surface area contributed by atoms with Crippen LogP contribution in [0.3, 0.4) is 0 Å². The Morgan fingerprint density at radius 1 is 1.45 bits per heavy atom. The second-order valence-electron chi connectivity index (χ2n) is 5.66. The van der Waals surface area contributed by atoms with E-state index in [4.69, 9.17) is 9.52 Å². The Bertz CT molecular complexity index is 436. The number of hydrogen-bond donors (Lipinski definition) is 1. The second-order valence-corrected chi connectivity index (χ2v) is 5.66. The summed E-state index contributed by atoms with van der Waals surface area (Å²) in [6.07, 6.45) is 1.95. The lowest BCUT2D eigenvalue weighted by molar-refractivity contribution is -0.132. The van der Waals surface area contributed by atoms with Crippen molar-refractivity contribution < 1.29 is 14.3 Å². The number of carbonyl (C=O) groups excluding carboxylic acids is 1. The smallest absolute Gasteiger partial charge is 0.236 e. The topological polar surface area (TPSA) is 56.9 Å². The first-order valence-corrected chi connectivity index (χ1v) is 7.21. The lowest BCUT2D eigenvalue weighted by Gasteiger charge is -2.31. The minimum Gasteiger partial charge on any atom is -0.464 e. The van der Waals surface area contributed by atoms with Crippen molar-refractivity contribution in [2.45, 2.75) is 26.3 Å². The van der Waals surface area contributed by atoms with Crippen LogP contribution in [0.2, 0.25) is 0 Å². The summed E-state index contributed by atoms with van der Waals surface area (Å²) in [6, 6.07) is 3.82. The van der Waals surface area contributed by atoms with E-state index in [9.17, 15) is 4.79 Å². The zero-order chi connectivity index (χ0) is 14.5. The summed E-state index contributed by atoms with van der Waals surface area (Å²) in [5, 5.41) is 9.11. The molecule has 2 heterocycles. The largest absolute Gasteiger partial charge is 0.464 e. The van der Waals surface area contributed by atoms with Crippen LogP contribution in [0.1, 0.15) is 24.4 Å². The monoisotopic (exact) mass is 280 g/mol. The van der Waals surface area contributed by atoms with Crippen molar-refractivity contribution in [1.29, 1.82) is 0 Å². The Hall–Kier alpha value is -1.33. The van der Waals surface area contributed by atoms with Crippen molar-refractivity contribution in [2.75, 3.05) is 33.3 Å². The maximum absolute atomic E-state index is 12.2. The third kappa shape index (κ3) is 4.08. The number of nitrogens with zero attached hydrogens (tertiary/aromatic N) is 2. The number of furan rings is 1. The van der Waals surface area contributed by atoms with Crippen LogP contribution in [0.4, 0.5) is 0 Å². The molecule has 0 radical (unpaired) electrons. The van der Waals surface area contributed by atoms with Gasteiger partial charge in [0.05, 0.1) is 13.1 Å². The second kappa shape index (κ2) is 6.90. The van der Waals surface area contributed by atoms with E-state index in [-0.39, 0.29) is 12.5 Å². The number of amides is 1. The van der Waals surface area contributed by atoms with Gasteiger partial charge in [-0.2, -0.15) is 0 Å². The first kappa shape index (κ1) is 15.1. The van der Waals surface area contributed by atoms with E-state index in [1.807, 2.05) is 19.1 Å². The molecule has 1 aliphatic rings. The summed E-state index contributed by atoms with van der Waals surface area (Å²) in [5.41, 5.74) is 0. The van der Waals surface area contributed by atoms with Gasteiger partial charge in [0.25, 0.3) is 0 Å². The van der Waals surface area contributed by atoms with Crippen LogP contribution in [0.5, 0.6) is 0 Å². The number of likely N-dealkylation sites (tertiary alicyclic amines) is 1. The van der Waals surface area contributed by atoms with Crippen molar-refractivity contribution in [2.24, 2.45) is 5.92 Å². The minimum absolute atomic E-state index is 0.113. The Kier molecular flexibility index (Phi) is 5.20. The highest BCUT2D eigenvalue weighted by atomic mass is 16.3. The van der Waals surface area contributed by atoms with Crippen molar-refractivity contribution in [3.8, 4) is 0 Å². The molecule has 0 spiro atoms. The third-order valence-electron chi connectivity index (χ3n) is 3.94. The summed E-state index contributed by atoms with van der Waals surface area (Å²) >= 11 is 0. The molecule has 112 valence electrons. The summed E-state index contributed by atoms with van der Waals surface area (Å²) in [6.45, 7) is 4.92. The van der Waals surface area contributed by atoms with E-state index in [0.717, 1.165) is 37.5 Å². The standard InChI is InChI=1S/C15H24N2O3/c1-12-3-4-14(20-12)9-16(2)15(19)10-17-7-5-13(11-18)6-8-17/h3-4,13,18H,5-11H2,1-2H3. The Balaban J connectivity index is 1.76. The fourth-order valence-electron chi connectivity index (χ4n) is 2.53. The molecule has 1 amide bonds. The molecule has 0 aromatic carbocycles. The van der Waals surface area contributed by atoms with Gasteiger partial charge in [-0.25, -0.2) is 0 Å². The molecule has 1 N–H and O–H groups in total. The Morgan fingerprint density at radius 2 is 2.15 bits per heavy atom. The number of aliphatic hydroxyl groups excluding tert-OH is 1. The van der Waals surface area contributed by atoms with Crippen molar-refractivity contribution >= 4 is 5.91 Å². The predicted octanol–water partition coefficient (Wildman–Crippen LogP) is 1.25. The number of likely N-dealkylation sites (N-methyl/N-ethyl adjacent to an activating group) is 1. The van der Waals surface area contributed by atoms with Gasteiger partial charge in [-0.15, -0.1) is 0 Å². The van der Waals surface area contributed by atoms with Crippen LogP contribution in [-0.2, 0) is 11.3 Å². The highest BCUT2D eigenvalue weighted by molar-refractivity contribution is 5.77. The first-order chi connectivity index (χ1) is 9.58. The van der Waals surface area contributed by atoms with Crippen LogP contribution < -0.4 is 0 Å². The third-order valence-corrected chi connectivity index (χ3v) is 3.94. The Morgan fingerprint density at radius 3 is 2.70 bits per heavy atom. The van der Waals surface area contributed by atoms with Crippen molar-refractivity contribution in [1.82, 2.24) is 9.80 Å². The lowest BCUT2D eigenvalue weighted by atomic mass is 9.98. The summed E-state index contributed by atoms with van der Waals surface area (Å²) in [7, 11) is 1.81. The van der Waals surface area contributed by atoms with Gasteiger partial charge in [-0.3, -0.25) is 9.69 Å². The quantitative estimate of drug-likeness (QED) is 0.882. The average Bonchev–Trinajstić information content (AvgIpc) is 2.85. The van der Waals surface area contributed by atoms with E-state index < -0.39 is 0 Å². The van der Waals surface area contributed by atoms with E-state index in [0.29, 0.717) is 19.0 Å². The van der Waals surface area contributed by atoms with Gasteiger partial charge in [-0.05, 0) is 50.9 Å². The molecule has 0 unspecified atom stereocenters. The number of piperidine rings is 1. The van der Waals surface area contributed by atoms with Crippen molar-refractivity contribution in [3.05, 3.63) is 23.7 Å². The van der Waals surface area contributed by atoms with Gasteiger partial charge in [0.2, 0.25) is 5.91 Å². The van der Waals surface area contributed by atoms with Crippen LogP contribution >= 0.6 is 0 Å². The summed E-state index contributed by atoms with van der Waals surface area (Å²) in [4.78, 5) is 16.0. The molecule has 1 aliphatic heterocycles. The van der Waals surface area contributed by atoms with E-state index in [1.54, 1.807) is 11.9 Å². The first-order valence-electron chi connectivity index (χ1n) is 7.21. The molecule has 1 saturated heterocycles. The molecule has 5 heteroatoms. The molecule has 1 fully saturated rings. The maximum atomic E-state index is 12.2. The number of rotatable bonds is 5. The van der Waals surface area contributed by atoms with Gasteiger partial charge in [0.1, 0.15) is 11.5 Å². The fourth-order valence-corrected chi connectivity index (χ4v) is 2.53. The number of aryl methyl sites for hydroxylation is 1. The molecule has 2 rings (SSSR count). The zero-order valence-corrected chi connectivity index (χ0v) is 12.3. The molecule has 0 aliphatic carbocycles. The fraction of sp³-hybridized carbons (Fsp3) is 0.667. The minimum atomic E-state index is 0.113. The van der Waals surface area contributed by atoms with Gasteiger partial charge in [0, 0.05) is 13.7 Å². The van der Waals surface area contributed by atoms with Gasteiger partial charge in [-0.1, -0.05) is 0 Å². The molecule has 0 saturated carbocycles. The SMILES string of the molecule is Cc1ccc(CN(C)C(=O)CN2CCC(CO)CC2)o1. The molecule has 20 heavy (non-hydrogen) atoms. The zero-order valence-electron chi connectivity index (χ0n) is 12.3. The lowest BCUT2D eigenvalue weighted by Crippen LogP contribution is -2.42. The number of carbonyl (C=O) groups is 1. The van der Waals surface area contributed by atoms with Gasteiger partial charge < -0.3 is 14.4 Å². The van der Waals surface area contributed by atoms with E-state index in [2.05, 4.69) is 4.90 Å². The molecule has 1 aromatic heterocycles. The summed E-state index contributed by atoms with van der Waals surface area (Å²) < 4.78 is 5.49. The van der Waals surface area contributed by atoms with Gasteiger partial charge in [0.15, 0.2) is 0 Å². The average molecular weight is 280 g/mol. The highest BCUT2D eigenvalue weighted by Crippen LogP contribution is 2.16. The number of hydrogen-bond acceptors (Lipinski definition) is 4. The molecular weight excluding hydrogens is 256 g/mol. The molecule has 5 nitrogen and oxygen atoms in total. The number of aliphatic hydroxyl groups is 1. The highest BCUT2D eigenvalue weighted by Gasteiger charge is 2.21. The molecule has 0 bridgehead atoms. The molecular formula is C15H24N2O3. The molecule has 1 aromatic rings. The van der Waals surface area contributed by atoms with E-state index in [1.165, 1.54) is 0 Å². The van der Waals surface area contributed by atoms with E-state index >= 15 is 0 Å². The maximum Gasteiger partial charge on any atom is 0.236 e. The summed E-state index contributed by atoms with van der Waals surface area (Å²) in [5.74, 6) is 2.20. The van der Waals surface area contributed by atoms with Crippen molar-refractivity contribution in [3.63, 3.8) is 0 Å².